The van der Waals surface area contributed by atoms with E-state index in [1.54, 1.807) is 0 Å². The third-order valence-electron chi connectivity index (χ3n) is 3.82. The molecular formula is C17H19ClN2. The van der Waals surface area contributed by atoms with E-state index in [0.717, 1.165) is 23.8 Å². The van der Waals surface area contributed by atoms with Crippen molar-refractivity contribution in [1.29, 1.82) is 0 Å². The molecule has 0 amide bonds. The van der Waals surface area contributed by atoms with Gasteiger partial charge in [-0.15, -0.1) is 0 Å². The van der Waals surface area contributed by atoms with Crippen molar-refractivity contribution in [3.63, 3.8) is 0 Å². The maximum absolute atomic E-state index is 5.99. The van der Waals surface area contributed by atoms with E-state index in [0.29, 0.717) is 0 Å². The van der Waals surface area contributed by atoms with Crippen molar-refractivity contribution in [3.05, 3.63) is 58.6 Å². The molecule has 1 aliphatic rings. The zero-order valence-electron chi connectivity index (χ0n) is 11.7. The summed E-state index contributed by atoms with van der Waals surface area (Å²) < 4.78 is 0. The number of hydrogen-bond donors (Lipinski definition) is 1. The highest BCUT2D eigenvalue weighted by atomic mass is 35.5. The first-order valence-electron chi connectivity index (χ1n) is 7.05. The van der Waals surface area contributed by atoms with Crippen molar-refractivity contribution in [1.82, 2.24) is 0 Å². The number of benzene rings is 2. The molecule has 0 atom stereocenters. The van der Waals surface area contributed by atoms with Gasteiger partial charge in [0.25, 0.3) is 0 Å². The second-order valence-corrected chi connectivity index (χ2v) is 5.79. The Bertz CT molecular complexity index is 610. The van der Waals surface area contributed by atoms with Gasteiger partial charge in [-0.1, -0.05) is 29.8 Å². The average molecular weight is 287 g/mol. The van der Waals surface area contributed by atoms with Gasteiger partial charge in [-0.25, -0.2) is 0 Å². The van der Waals surface area contributed by atoms with Gasteiger partial charge in [0.05, 0.1) is 0 Å². The van der Waals surface area contributed by atoms with Crippen molar-refractivity contribution in [2.24, 2.45) is 0 Å². The molecule has 104 valence electrons. The Morgan fingerprint density at radius 3 is 2.95 bits per heavy atom. The number of nitrogens with zero attached hydrogens (tertiary/aromatic N) is 1. The van der Waals surface area contributed by atoms with E-state index in [2.05, 4.69) is 35.5 Å². The summed E-state index contributed by atoms with van der Waals surface area (Å²) in [5.74, 6) is 0. The molecule has 2 aromatic rings. The van der Waals surface area contributed by atoms with Gasteiger partial charge < -0.3 is 10.2 Å². The fourth-order valence-corrected chi connectivity index (χ4v) is 2.94. The summed E-state index contributed by atoms with van der Waals surface area (Å²) in [6, 6.07) is 14.6. The third kappa shape index (κ3) is 2.91. The van der Waals surface area contributed by atoms with Crippen LogP contribution in [0.2, 0.25) is 5.02 Å². The van der Waals surface area contributed by atoms with Crippen molar-refractivity contribution in [2.45, 2.75) is 19.4 Å². The summed E-state index contributed by atoms with van der Waals surface area (Å²) in [5.41, 5.74) is 5.22. The molecular weight excluding hydrogens is 268 g/mol. The van der Waals surface area contributed by atoms with Gasteiger partial charge in [-0.3, -0.25) is 0 Å². The molecule has 1 N–H and O–H groups in total. The molecule has 0 unspecified atom stereocenters. The third-order valence-corrected chi connectivity index (χ3v) is 4.05. The molecule has 2 nitrogen and oxygen atoms in total. The largest absolute Gasteiger partial charge is 0.381 e. The first kappa shape index (κ1) is 13.3. The summed E-state index contributed by atoms with van der Waals surface area (Å²) in [6.07, 6.45) is 2.43. The molecule has 3 heteroatoms. The molecule has 0 spiro atoms. The van der Waals surface area contributed by atoms with Crippen LogP contribution in [0.5, 0.6) is 0 Å². The number of hydrogen-bond acceptors (Lipinski definition) is 2. The molecule has 0 aromatic heterocycles. The first-order chi connectivity index (χ1) is 9.72. The van der Waals surface area contributed by atoms with Crippen LogP contribution in [-0.4, -0.2) is 13.6 Å². The lowest BCUT2D eigenvalue weighted by atomic mass is 9.99. The molecule has 0 bridgehead atoms. The molecule has 2 aromatic carbocycles. The van der Waals surface area contributed by atoms with Crippen molar-refractivity contribution >= 4 is 23.0 Å². The fraction of sp³-hybridized carbons (Fsp3) is 0.294. The van der Waals surface area contributed by atoms with Crippen LogP contribution < -0.4 is 10.2 Å². The number of halogens is 1. The van der Waals surface area contributed by atoms with E-state index in [1.807, 2.05) is 24.3 Å². The number of rotatable bonds is 3. The lowest BCUT2D eigenvalue weighted by molar-refractivity contribution is 0.743. The second kappa shape index (κ2) is 5.76. The number of fused-ring (bicyclic) bond motifs is 1. The van der Waals surface area contributed by atoms with Crippen LogP contribution in [0.1, 0.15) is 17.5 Å². The Kier molecular flexibility index (Phi) is 3.83. The highest BCUT2D eigenvalue weighted by Gasteiger charge is 2.13. The minimum Gasteiger partial charge on any atom is -0.381 e. The Morgan fingerprint density at radius 2 is 2.10 bits per heavy atom. The van der Waals surface area contributed by atoms with Gasteiger partial charge in [0.1, 0.15) is 0 Å². The standard InChI is InChI=1S/C17H19ClN2/c1-20-9-3-4-14-10-13(7-8-17(14)20)12-19-16-6-2-5-15(18)11-16/h2,5-8,10-11,19H,3-4,9,12H2,1H3. The maximum atomic E-state index is 5.99. The van der Waals surface area contributed by atoms with Crippen LogP contribution in [0, 0.1) is 0 Å². The molecule has 20 heavy (non-hydrogen) atoms. The molecule has 3 rings (SSSR count). The lowest BCUT2D eigenvalue weighted by Crippen LogP contribution is -2.24. The topological polar surface area (TPSA) is 15.3 Å². The van der Waals surface area contributed by atoms with Gasteiger partial charge in [0.2, 0.25) is 0 Å². The minimum atomic E-state index is 0.766. The van der Waals surface area contributed by atoms with Crippen LogP contribution in [0.15, 0.2) is 42.5 Å². The summed E-state index contributed by atoms with van der Waals surface area (Å²) >= 11 is 5.99. The van der Waals surface area contributed by atoms with Crippen LogP contribution in [0.25, 0.3) is 0 Å². The normalized spacial score (nSPS) is 14.0. The van der Waals surface area contributed by atoms with E-state index in [-0.39, 0.29) is 0 Å². The SMILES string of the molecule is CN1CCCc2cc(CNc3cccc(Cl)c3)ccc21. The van der Waals surface area contributed by atoms with Gasteiger partial charge in [0.15, 0.2) is 0 Å². The number of aryl methyl sites for hydroxylation is 1. The summed E-state index contributed by atoms with van der Waals surface area (Å²) in [4.78, 5) is 2.34. The van der Waals surface area contributed by atoms with Gasteiger partial charge in [0, 0.05) is 36.5 Å². The Morgan fingerprint density at radius 1 is 1.20 bits per heavy atom. The number of nitrogens with one attached hydrogen (secondary N) is 1. The first-order valence-corrected chi connectivity index (χ1v) is 7.42. The van der Waals surface area contributed by atoms with E-state index < -0.39 is 0 Å². The highest BCUT2D eigenvalue weighted by Crippen LogP contribution is 2.27. The molecule has 0 fully saturated rings. The smallest absolute Gasteiger partial charge is 0.0426 e. The summed E-state index contributed by atoms with van der Waals surface area (Å²) in [6.45, 7) is 1.99. The highest BCUT2D eigenvalue weighted by molar-refractivity contribution is 6.30. The molecule has 0 saturated heterocycles. The van der Waals surface area contributed by atoms with Gasteiger partial charge in [-0.2, -0.15) is 0 Å². The van der Waals surface area contributed by atoms with Gasteiger partial charge in [-0.05, 0) is 48.2 Å². The number of anilines is 2. The van der Waals surface area contributed by atoms with Crippen LogP contribution in [-0.2, 0) is 13.0 Å². The van der Waals surface area contributed by atoms with E-state index in [9.17, 15) is 0 Å². The van der Waals surface area contributed by atoms with Crippen LogP contribution >= 0.6 is 11.6 Å². The van der Waals surface area contributed by atoms with E-state index in [4.69, 9.17) is 11.6 Å². The molecule has 0 aliphatic carbocycles. The minimum absolute atomic E-state index is 0.766. The van der Waals surface area contributed by atoms with Crippen LogP contribution in [0.3, 0.4) is 0 Å². The second-order valence-electron chi connectivity index (χ2n) is 5.35. The zero-order valence-corrected chi connectivity index (χ0v) is 12.5. The molecule has 1 heterocycles. The van der Waals surface area contributed by atoms with Crippen molar-refractivity contribution in [3.8, 4) is 0 Å². The maximum Gasteiger partial charge on any atom is 0.0426 e. The summed E-state index contributed by atoms with van der Waals surface area (Å²) in [5, 5.41) is 4.19. The van der Waals surface area contributed by atoms with Crippen molar-refractivity contribution in [2.75, 3.05) is 23.8 Å². The van der Waals surface area contributed by atoms with Crippen molar-refractivity contribution < 1.29 is 0 Å². The lowest BCUT2D eigenvalue weighted by Gasteiger charge is -2.27. The average Bonchev–Trinajstić information content (AvgIpc) is 2.45. The van der Waals surface area contributed by atoms with Gasteiger partial charge >= 0.3 is 0 Å². The quantitative estimate of drug-likeness (QED) is 0.903. The molecule has 0 saturated carbocycles. The molecule has 0 radical (unpaired) electrons. The molecule has 1 aliphatic heterocycles. The van der Waals surface area contributed by atoms with E-state index in [1.165, 1.54) is 29.7 Å². The van der Waals surface area contributed by atoms with Crippen LogP contribution in [0.4, 0.5) is 11.4 Å². The Hall–Kier alpha value is -1.67. The Labute approximate surface area is 125 Å². The monoisotopic (exact) mass is 286 g/mol. The predicted octanol–water partition coefficient (Wildman–Crippen LogP) is 4.33. The zero-order chi connectivity index (χ0) is 13.9. The predicted molar refractivity (Wildman–Crippen MR) is 86.8 cm³/mol. The fourth-order valence-electron chi connectivity index (χ4n) is 2.75. The van der Waals surface area contributed by atoms with E-state index >= 15 is 0 Å². The Balaban J connectivity index is 1.72. The summed E-state index contributed by atoms with van der Waals surface area (Å²) in [7, 11) is 2.17.